The van der Waals surface area contributed by atoms with E-state index in [1.165, 1.54) is 0 Å². The van der Waals surface area contributed by atoms with E-state index in [-0.39, 0.29) is 17.1 Å². The summed E-state index contributed by atoms with van der Waals surface area (Å²) >= 11 is 6.56. The maximum absolute atomic E-state index is 12.3. The van der Waals surface area contributed by atoms with Gasteiger partial charge in [-0.25, -0.2) is 9.97 Å². The molecule has 204 valence electrons. The number of halogens is 1. The molecule has 1 saturated heterocycles. The van der Waals surface area contributed by atoms with Crippen molar-refractivity contribution in [2.45, 2.75) is 44.3 Å². The zero-order chi connectivity index (χ0) is 27.4. The Morgan fingerprint density at radius 3 is 2.64 bits per heavy atom. The molecular formula is C31H34ClN3O4. The zero-order valence-corrected chi connectivity index (χ0v) is 23.4. The summed E-state index contributed by atoms with van der Waals surface area (Å²) < 4.78 is 19.6. The highest BCUT2D eigenvalue weighted by Crippen LogP contribution is 2.41. The fraction of sp³-hybridized carbons (Fsp3) is 0.387. The molecule has 0 spiro atoms. The minimum Gasteiger partial charge on any atom is -0.385 e. The van der Waals surface area contributed by atoms with E-state index < -0.39 is 5.41 Å². The van der Waals surface area contributed by atoms with Gasteiger partial charge in [0.15, 0.2) is 6.29 Å². The van der Waals surface area contributed by atoms with Crippen LogP contribution in [0.5, 0.6) is 0 Å². The summed E-state index contributed by atoms with van der Waals surface area (Å²) in [4.78, 5) is 21.8. The highest BCUT2D eigenvalue weighted by molar-refractivity contribution is 6.28. The van der Waals surface area contributed by atoms with Crippen LogP contribution in [0.1, 0.15) is 42.5 Å². The Morgan fingerprint density at radius 2 is 1.92 bits per heavy atom. The zero-order valence-electron chi connectivity index (χ0n) is 22.7. The van der Waals surface area contributed by atoms with Gasteiger partial charge in [-0.15, -0.1) is 0 Å². The molecular weight excluding hydrogens is 514 g/mol. The second-order valence-electron chi connectivity index (χ2n) is 10.2. The number of rotatable bonds is 9. The van der Waals surface area contributed by atoms with Crippen molar-refractivity contribution in [2.24, 2.45) is 7.05 Å². The van der Waals surface area contributed by atoms with Crippen molar-refractivity contribution in [1.29, 1.82) is 0 Å². The third-order valence-corrected chi connectivity index (χ3v) is 7.70. The van der Waals surface area contributed by atoms with Crippen molar-refractivity contribution in [3.8, 4) is 11.1 Å². The molecule has 1 fully saturated rings. The average Bonchev–Trinajstić information content (AvgIpc) is 2.96. The normalized spacial score (nSPS) is 17.3. The Morgan fingerprint density at radius 1 is 1.10 bits per heavy atom. The van der Waals surface area contributed by atoms with E-state index in [0.29, 0.717) is 31.8 Å². The van der Waals surface area contributed by atoms with Crippen LogP contribution in [0.4, 0.5) is 0 Å². The second kappa shape index (κ2) is 12.0. The molecule has 1 aliphatic rings. The third-order valence-electron chi connectivity index (χ3n) is 7.53. The van der Waals surface area contributed by atoms with Crippen molar-refractivity contribution >= 4 is 22.5 Å². The SMILES string of the molecule is COCCC(COC1CCCCO1)(c1ccccc1)c1nc(Cl)nc2ccc(-c3cc(C)c(=O)n(C)c3)cc12. The van der Waals surface area contributed by atoms with Gasteiger partial charge in [0, 0.05) is 44.5 Å². The van der Waals surface area contributed by atoms with Crippen molar-refractivity contribution in [1.82, 2.24) is 14.5 Å². The molecule has 3 heterocycles. The summed E-state index contributed by atoms with van der Waals surface area (Å²) in [6.07, 6.45) is 5.18. The molecule has 7 nitrogen and oxygen atoms in total. The number of pyridine rings is 1. The van der Waals surface area contributed by atoms with E-state index in [1.807, 2.05) is 49.5 Å². The topological polar surface area (TPSA) is 75.5 Å². The van der Waals surface area contributed by atoms with E-state index in [9.17, 15) is 4.79 Å². The average molecular weight is 548 g/mol. The Balaban J connectivity index is 1.71. The molecule has 0 aliphatic carbocycles. The Kier molecular flexibility index (Phi) is 8.43. The van der Waals surface area contributed by atoms with Crippen LogP contribution in [0.15, 0.2) is 65.6 Å². The van der Waals surface area contributed by atoms with Crippen LogP contribution in [-0.2, 0) is 26.7 Å². The number of hydrogen-bond donors (Lipinski definition) is 0. The quantitative estimate of drug-likeness (QED) is 0.246. The minimum absolute atomic E-state index is 0.0138. The van der Waals surface area contributed by atoms with E-state index in [4.69, 9.17) is 30.8 Å². The minimum atomic E-state index is -0.680. The van der Waals surface area contributed by atoms with Gasteiger partial charge in [-0.3, -0.25) is 4.79 Å². The Labute approximate surface area is 233 Å². The number of benzene rings is 2. The van der Waals surface area contributed by atoms with Crippen LogP contribution in [-0.4, -0.2) is 47.8 Å². The van der Waals surface area contributed by atoms with Crippen LogP contribution in [0.25, 0.3) is 22.0 Å². The third kappa shape index (κ3) is 5.77. The molecule has 2 aromatic heterocycles. The highest BCUT2D eigenvalue weighted by Gasteiger charge is 2.39. The molecule has 0 amide bonds. The first kappa shape index (κ1) is 27.5. The van der Waals surface area contributed by atoms with Gasteiger partial charge < -0.3 is 18.8 Å². The van der Waals surface area contributed by atoms with Gasteiger partial charge in [0.05, 0.1) is 23.2 Å². The van der Waals surface area contributed by atoms with Crippen LogP contribution < -0.4 is 5.56 Å². The number of nitrogens with zero attached hydrogens (tertiary/aromatic N) is 3. The van der Waals surface area contributed by atoms with Crippen molar-refractivity contribution in [2.75, 3.05) is 26.9 Å². The summed E-state index contributed by atoms with van der Waals surface area (Å²) in [6.45, 7) is 3.37. The molecule has 39 heavy (non-hydrogen) atoms. The lowest BCUT2D eigenvalue weighted by Crippen LogP contribution is -2.39. The van der Waals surface area contributed by atoms with E-state index >= 15 is 0 Å². The molecule has 5 rings (SSSR count). The summed E-state index contributed by atoms with van der Waals surface area (Å²) in [5.74, 6) is 0. The monoisotopic (exact) mass is 547 g/mol. The van der Waals surface area contributed by atoms with Crippen molar-refractivity contribution in [3.63, 3.8) is 0 Å². The molecule has 0 radical (unpaired) electrons. The molecule has 8 heteroatoms. The van der Waals surface area contributed by atoms with Gasteiger partial charge >= 0.3 is 0 Å². The molecule has 0 N–H and O–H groups in total. The molecule has 0 bridgehead atoms. The maximum atomic E-state index is 12.3. The summed E-state index contributed by atoms with van der Waals surface area (Å²) in [6, 6.07) is 18.2. The smallest absolute Gasteiger partial charge is 0.253 e. The fourth-order valence-corrected chi connectivity index (χ4v) is 5.59. The van der Waals surface area contributed by atoms with Crippen LogP contribution in [0.2, 0.25) is 5.28 Å². The predicted octanol–water partition coefficient (Wildman–Crippen LogP) is 5.82. The van der Waals surface area contributed by atoms with E-state index in [1.54, 1.807) is 18.7 Å². The highest BCUT2D eigenvalue weighted by atomic mass is 35.5. The first-order valence-corrected chi connectivity index (χ1v) is 13.7. The Hall–Kier alpha value is -3.10. The lowest BCUT2D eigenvalue weighted by molar-refractivity contribution is -0.170. The molecule has 2 aromatic carbocycles. The first-order valence-electron chi connectivity index (χ1n) is 13.3. The molecule has 4 aromatic rings. The second-order valence-corrected chi connectivity index (χ2v) is 10.5. The fourth-order valence-electron chi connectivity index (χ4n) is 5.41. The first-order chi connectivity index (χ1) is 18.9. The van der Waals surface area contributed by atoms with Gasteiger partial charge in [-0.2, -0.15) is 0 Å². The van der Waals surface area contributed by atoms with Crippen LogP contribution >= 0.6 is 11.6 Å². The summed E-state index contributed by atoms with van der Waals surface area (Å²) in [7, 11) is 3.47. The number of methoxy groups -OCH3 is 1. The number of aromatic nitrogens is 3. The number of fused-ring (bicyclic) bond motifs is 1. The summed E-state index contributed by atoms with van der Waals surface area (Å²) in [5.41, 5.74) is 4.45. The van der Waals surface area contributed by atoms with Gasteiger partial charge in [0.1, 0.15) is 0 Å². The predicted molar refractivity (Wildman–Crippen MR) is 153 cm³/mol. The number of hydrogen-bond acceptors (Lipinski definition) is 6. The standard InChI is InChI=1S/C31H34ClN3O4/c1-21-17-23(19-35(2)29(21)36)22-12-13-26-25(18-22)28(34-30(32)33-26)31(14-16-37-3,24-9-5-4-6-10-24)20-39-27-11-7-8-15-38-27/h4-6,9-10,12-13,17-19,27H,7-8,11,14-16,20H2,1-3H3. The molecule has 1 aliphatic heterocycles. The van der Waals surface area contributed by atoms with Crippen molar-refractivity contribution in [3.05, 3.63) is 93.3 Å². The number of ether oxygens (including phenoxy) is 3. The lowest BCUT2D eigenvalue weighted by atomic mass is 9.74. The Bertz CT molecular complexity index is 1480. The molecule has 2 unspecified atom stereocenters. The van der Waals surface area contributed by atoms with Gasteiger partial charge in [-0.05, 0) is 79.1 Å². The van der Waals surface area contributed by atoms with Gasteiger partial charge in [0.2, 0.25) is 5.28 Å². The maximum Gasteiger partial charge on any atom is 0.253 e. The summed E-state index contributed by atoms with van der Waals surface area (Å²) in [5, 5.41) is 1.05. The van der Waals surface area contributed by atoms with Gasteiger partial charge in [0.25, 0.3) is 5.56 Å². The van der Waals surface area contributed by atoms with Gasteiger partial charge in [-0.1, -0.05) is 36.4 Å². The lowest BCUT2D eigenvalue weighted by Gasteiger charge is -2.36. The molecule has 2 atom stereocenters. The van der Waals surface area contributed by atoms with Crippen molar-refractivity contribution < 1.29 is 14.2 Å². The number of aryl methyl sites for hydroxylation is 2. The van der Waals surface area contributed by atoms with E-state index in [0.717, 1.165) is 52.5 Å². The van der Waals surface area contributed by atoms with Crippen LogP contribution in [0.3, 0.4) is 0 Å². The molecule has 0 saturated carbocycles. The van der Waals surface area contributed by atoms with Crippen LogP contribution in [0, 0.1) is 6.92 Å². The van der Waals surface area contributed by atoms with E-state index in [2.05, 4.69) is 23.2 Å². The largest absolute Gasteiger partial charge is 0.385 e.